The Hall–Kier alpha value is -2.65. The highest BCUT2D eigenvalue weighted by atomic mass is 127. The van der Waals surface area contributed by atoms with E-state index in [0.717, 1.165) is 5.56 Å². The quantitative estimate of drug-likeness (QED) is 0.237. The van der Waals surface area contributed by atoms with Gasteiger partial charge in [-0.3, -0.25) is 9.59 Å². The average Bonchev–Trinajstić information content (AvgIpc) is 3.44. The van der Waals surface area contributed by atoms with Gasteiger partial charge in [-0.1, -0.05) is 0 Å². The van der Waals surface area contributed by atoms with E-state index in [1.807, 2.05) is 22.6 Å². The topological polar surface area (TPSA) is 151 Å². The molecule has 3 rings (SSSR count). The lowest BCUT2D eigenvalue weighted by Gasteiger charge is -2.40. The number of rotatable bonds is 13. The Kier molecular flexibility index (Phi) is 11.4. The number of halogens is 1. The molecule has 4 N–H and O–H groups in total. The van der Waals surface area contributed by atoms with Crippen LogP contribution in [0.25, 0.3) is 0 Å². The number of carbonyl (C=O) groups is 2. The van der Waals surface area contributed by atoms with E-state index in [2.05, 4.69) is 5.32 Å². The maximum Gasteiger partial charge on any atom is 0.247 e. The van der Waals surface area contributed by atoms with Crippen LogP contribution in [0.5, 0.6) is 11.5 Å². The molecule has 0 saturated heterocycles. The molecule has 2 aromatic rings. The molecular weight excluding hydrogens is 611 g/mol. The Morgan fingerprint density at radius 2 is 2.03 bits per heavy atom. The summed E-state index contributed by atoms with van der Waals surface area (Å²) in [7, 11) is 2.96. The number of nitrogens with zero attached hydrogens (tertiary/aromatic N) is 1. The number of ether oxygens (including phenoxy) is 3. The van der Waals surface area contributed by atoms with Gasteiger partial charge < -0.3 is 44.2 Å². The third kappa shape index (κ3) is 7.47. The molecule has 0 unspecified atom stereocenters. The van der Waals surface area contributed by atoms with E-state index >= 15 is 0 Å². The van der Waals surface area contributed by atoms with Crippen LogP contribution in [0.1, 0.15) is 24.0 Å². The van der Waals surface area contributed by atoms with Gasteiger partial charge in [0.25, 0.3) is 0 Å². The van der Waals surface area contributed by atoms with E-state index in [1.54, 1.807) is 18.2 Å². The van der Waals surface area contributed by atoms with E-state index in [9.17, 15) is 19.8 Å². The number of amides is 2. The minimum absolute atomic E-state index is 0.0504. The van der Waals surface area contributed by atoms with Crippen LogP contribution in [0.15, 0.2) is 46.8 Å². The van der Waals surface area contributed by atoms with Crippen molar-refractivity contribution in [3.05, 3.63) is 57.1 Å². The van der Waals surface area contributed by atoms with Crippen LogP contribution in [0.2, 0.25) is 0 Å². The summed E-state index contributed by atoms with van der Waals surface area (Å²) in [5.41, 5.74) is 1.64. The minimum atomic E-state index is -1.21. The molecule has 1 aliphatic carbocycles. The fourth-order valence-corrected chi connectivity index (χ4v) is 4.99. The third-order valence-electron chi connectivity index (χ3n) is 6.11. The molecular formula is C26H33IN2O9. The number of benzene rings is 1. The molecule has 0 aliphatic heterocycles. The van der Waals surface area contributed by atoms with Crippen LogP contribution >= 0.6 is 22.6 Å². The van der Waals surface area contributed by atoms with Crippen molar-refractivity contribution in [2.24, 2.45) is 0 Å². The van der Waals surface area contributed by atoms with Gasteiger partial charge in [-0.15, -0.1) is 0 Å². The zero-order chi connectivity index (χ0) is 27.7. The standard InChI is InChI=1S/C26H33IN2O9/c1-35-7-4-23(32)29(13-16-3-8-37-15-16)20-11-18(26(34)28-5-6-30)12-21(24(20)33)38-25-19(27)9-17(14-31)10-22(25)36-2/h3,8-10,12,15,20-21,24,30-31,33H,4-7,11,13-14H2,1-2H3,(H,28,34)/t20-,21+,24+/m1/s1. The molecule has 11 nitrogen and oxygen atoms in total. The highest BCUT2D eigenvalue weighted by Crippen LogP contribution is 2.37. The van der Waals surface area contributed by atoms with Crippen molar-refractivity contribution in [2.75, 3.05) is 34.0 Å². The second-order valence-electron chi connectivity index (χ2n) is 8.68. The first-order valence-corrected chi connectivity index (χ1v) is 13.1. The van der Waals surface area contributed by atoms with Crippen LogP contribution < -0.4 is 14.8 Å². The van der Waals surface area contributed by atoms with Crippen LogP contribution in [-0.4, -0.2) is 84.3 Å². The molecule has 38 heavy (non-hydrogen) atoms. The monoisotopic (exact) mass is 644 g/mol. The second kappa shape index (κ2) is 14.5. The first-order valence-electron chi connectivity index (χ1n) is 12.0. The van der Waals surface area contributed by atoms with Crippen LogP contribution in [0.3, 0.4) is 0 Å². The maximum absolute atomic E-state index is 13.3. The molecule has 12 heteroatoms. The minimum Gasteiger partial charge on any atom is -0.493 e. The number of hydrogen-bond acceptors (Lipinski definition) is 9. The molecule has 0 radical (unpaired) electrons. The van der Waals surface area contributed by atoms with Gasteiger partial charge in [0, 0.05) is 37.8 Å². The Labute approximate surface area is 234 Å². The lowest BCUT2D eigenvalue weighted by atomic mass is 9.87. The van der Waals surface area contributed by atoms with E-state index < -0.39 is 24.2 Å². The largest absolute Gasteiger partial charge is 0.493 e. The molecule has 1 aromatic heterocycles. The van der Waals surface area contributed by atoms with E-state index in [0.29, 0.717) is 26.2 Å². The van der Waals surface area contributed by atoms with Crippen molar-refractivity contribution in [3.8, 4) is 11.5 Å². The lowest BCUT2D eigenvalue weighted by molar-refractivity contribution is -0.140. The van der Waals surface area contributed by atoms with Gasteiger partial charge >= 0.3 is 0 Å². The molecule has 0 fully saturated rings. The molecule has 2 amide bonds. The lowest BCUT2D eigenvalue weighted by Crippen LogP contribution is -2.55. The van der Waals surface area contributed by atoms with Crippen molar-refractivity contribution in [3.63, 3.8) is 0 Å². The van der Waals surface area contributed by atoms with Gasteiger partial charge in [0.05, 0.1) is 55.5 Å². The number of methoxy groups -OCH3 is 2. The van der Waals surface area contributed by atoms with Crippen LogP contribution in [0.4, 0.5) is 0 Å². The molecule has 1 aliphatic rings. The fourth-order valence-electron chi connectivity index (χ4n) is 4.20. The summed E-state index contributed by atoms with van der Waals surface area (Å²) in [6.07, 6.45) is 2.45. The second-order valence-corrected chi connectivity index (χ2v) is 9.84. The first-order chi connectivity index (χ1) is 18.3. The van der Waals surface area contributed by atoms with Crippen LogP contribution in [0, 0.1) is 3.57 Å². The predicted octanol–water partition coefficient (Wildman–Crippen LogP) is 1.37. The Morgan fingerprint density at radius 3 is 2.66 bits per heavy atom. The molecule has 3 atom stereocenters. The summed E-state index contributed by atoms with van der Waals surface area (Å²) in [5.74, 6) is -0.0309. The van der Waals surface area contributed by atoms with Crippen molar-refractivity contribution in [1.82, 2.24) is 10.2 Å². The normalized spacial score (nSPS) is 19.0. The van der Waals surface area contributed by atoms with E-state index in [-0.39, 0.29) is 51.7 Å². The third-order valence-corrected chi connectivity index (χ3v) is 6.92. The Balaban J connectivity index is 2.00. The summed E-state index contributed by atoms with van der Waals surface area (Å²) in [6.45, 7) is -0.0439. The van der Waals surface area contributed by atoms with Gasteiger partial charge in [0.1, 0.15) is 12.2 Å². The smallest absolute Gasteiger partial charge is 0.247 e. The predicted molar refractivity (Wildman–Crippen MR) is 144 cm³/mol. The highest BCUT2D eigenvalue weighted by molar-refractivity contribution is 14.1. The first kappa shape index (κ1) is 29.9. The number of aliphatic hydroxyl groups is 3. The fraction of sp³-hybridized carbons (Fsp3) is 0.462. The van der Waals surface area contributed by atoms with Crippen molar-refractivity contribution >= 4 is 34.4 Å². The summed E-state index contributed by atoms with van der Waals surface area (Å²) >= 11 is 2.04. The molecule has 1 heterocycles. The summed E-state index contributed by atoms with van der Waals surface area (Å²) in [6, 6.07) is 4.26. The summed E-state index contributed by atoms with van der Waals surface area (Å²) < 4.78 is 22.6. The van der Waals surface area contributed by atoms with Gasteiger partial charge in [0.15, 0.2) is 11.5 Å². The maximum atomic E-state index is 13.3. The SMILES string of the molecule is COCCC(=O)N(Cc1ccoc1)[C@@H]1CC(C(=O)NCCO)=C[C@H](Oc2c(I)cc(CO)cc2OC)[C@H]1O. The number of aliphatic hydroxyl groups excluding tert-OH is 3. The highest BCUT2D eigenvalue weighted by Gasteiger charge is 2.41. The molecule has 208 valence electrons. The Morgan fingerprint density at radius 1 is 1.24 bits per heavy atom. The van der Waals surface area contributed by atoms with Gasteiger partial charge in [0.2, 0.25) is 11.8 Å². The van der Waals surface area contributed by atoms with Crippen LogP contribution in [-0.2, 0) is 27.5 Å². The molecule has 0 spiro atoms. The molecule has 0 bridgehead atoms. The van der Waals surface area contributed by atoms with Gasteiger partial charge in [-0.05, 0) is 52.4 Å². The van der Waals surface area contributed by atoms with Crippen molar-refractivity contribution in [1.29, 1.82) is 0 Å². The van der Waals surface area contributed by atoms with E-state index in [1.165, 1.54) is 37.7 Å². The van der Waals surface area contributed by atoms with Crippen molar-refractivity contribution in [2.45, 2.75) is 44.2 Å². The zero-order valence-electron chi connectivity index (χ0n) is 21.3. The Bertz CT molecular complexity index is 1110. The zero-order valence-corrected chi connectivity index (χ0v) is 23.4. The molecule has 1 aromatic carbocycles. The number of hydrogen-bond donors (Lipinski definition) is 4. The van der Waals surface area contributed by atoms with Crippen molar-refractivity contribution < 1.29 is 43.5 Å². The van der Waals surface area contributed by atoms with E-state index in [4.69, 9.17) is 23.7 Å². The number of furan rings is 1. The van der Waals surface area contributed by atoms with Gasteiger partial charge in [-0.2, -0.15) is 0 Å². The number of nitrogens with one attached hydrogen (secondary N) is 1. The number of carbonyl (C=O) groups excluding carboxylic acids is 2. The summed E-state index contributed by atoms with van der Waals surface area (Å²) in [5, 5.41) is 32.9. The van der Waals surface area contributed by atoms with Gasteiger partial charge in [-0.25, -0.2) is 0 Å². The average molecular weight is 644 g/mol. The summed E-state index contributed by atoms with van der Waals surface area (Å²) in [4.78, 5) is 27.7. The molecule has 0 saturated carbocycles.